The Morgan fingerprint density at radius 2 is 2.62 bits per heavy atom. The first-order valence-electron chi connectivity index (χ1n) is 2.49. The van der Waals surface area contributed by atoms with E-state index in [0.29, 0.717) is 5.04 Å². The number of Topliss-reactive ketones (excluding diaryl/α,β-unsaturated/α-hetero) is 1. The van der Waals surface area contributed by atoms with E-state index in [2.05, 4.69) is 4.99 Å². The number of carbonyl (C=O) groups is 1. The highest BCUT2D eigenvalue weighted by molar-refractivity contribution is 8.16. The Kier molecular flexibility index (Phi) is 1.68. The average molecular weight is 129 g/mol. The van der Waals surface area contributed by atoms with Crippen molar-refractivity contribution in [2.45, 2.75) is 6.92 Å². The lowest BCUT2D eigenvalue weighted by Gasteiger charge is -1.85. The van der Waals surface area contributed by atoms with Crippen molar-refractivity contribution in [1.29, 1.82) is 0 Å². The van der Waals surface area contributed by atoms with Gasteiger partial charge in [0.1, 0.15) is 5.04 Å². The molecule has 1 heterocycles. The maximum atomic E-state index is 10.5. The van der Waals surface area contributed by atoms with Gasteiger partial charge in [-0.1, -0.05) is 0 Å². The monoisotopic (exact) mass is 129 g/mol. The zero-order chi connectivity index (χ0) is 5.98. The molecule has 0 saturated carbocycles. The Labute approximate surface area is 52.4 Å². The summed E-state index contributed by atoms with van der Waals surface area (Å²) in [6.07, 6.45) is 0. The SMILES string of the molecule is CC(=O)C1=NCCS1. The number of hydrogen-bond donors (Lipinski definition) is 0. The Morgan fingerprint density at radius 3 is 2.88 bits per heavy atom. The van der Waals surface area contributed by atoms with E-state index in [1.54, 1.807) is 18.7 Å². The van der Waals surface area contributed by atoms with Crippen molar-refractivity contribution in [1.82, 2.24) is 0 Å². The predicted molar refractivity (Wildman–Crippen MR) is 35.4 cm³/mol. The number of rotatable bonds is 1. The smallest absolute Gasteiger partial charge is 0.184 e. The van der Waals surface area contributed by atoms with Crippen molar-refractivity contribution in [2.24, 2.45) is 4.99 Å². The van der Waals surface area contributed by atoms with Gasteiger partial charge in [0.15, 0.2) is 5.78 Å². The van der Waals surface area contributed by atoms with Crippen LogP contribution in [-0.2, 0) is 4.79 Å². The van der Waals surface area contributed by atoms with E-state index in [4.69, 9.17) is 0 Å². The van der Waals surface area contributed by atoms with Crippen LogP contribution in [0.15, 0.2) is 4.99 Å². The first kappa shape index (κ1) is 5.82. The molecule has 0 saturated heterocycles. The lowest BCUT2D eigenvalue weighted by atomic mass is 10.5. The summed E-state index contributed by atoms with van der Waals surface area (Å²) in [5.41, 5.74) is 0. The average Bonchev–Trinajstić information content (AvgIpc) is 2.12. The molecule has 0 spiro atoms. The molecule has 0 radical (unpaired) electrons. The van der Waals surface area contributed by atoms with Crippen LogP contribution in [0, 0.1) is 0 Å². The van der Waals surface area contributed by atoms with Gasteiger partial charge in [-0.3, -0.25) is 9.79 Å². The van der Waals surface area contributed by atoms with Gasteiger partial charge in [0, 0.05) is 19.2 Å². The van der Waals surface area contributed by atoms with E-state index in [9.17, 15) is 4.79 Å². The molecule has 1 aliphatic heterocycles. The maximum Gasteiger partial charge on any atom is 0.184 e. The van der Waals surface area contributed by atoms with Crippen molar-refractivity contribution < 1.29 is 4.79 Å². The van der Waals surface area contributed by atoms with Gasteiger partial charge >= 0.3 is 0 Å². The molecule has 1 rings (SSSR count). The van der Waals surface area contributed by atoms with Crippen LogP contribution < -0.4 is 0 Å². The van der Waals surface area contributed by atoms with Gasteiger partial charge in [0.2, 0.25) is 0 Å². The number of nitrogens with zero attached hydrogens (tertiary/aromatic N) is 1. The van der Waals surface area contributed by atoms with Gasteiger partial charge < -0.3 is 0 Å². The summed E-state index contributed by atoms with van der Waals surface area (Å²) in [4.78, 5) is 14.5. The molecule has 0 aromatic rings. The minimum Gasteiger partial charge on any atom is -0.292 e. The van der Waals surface area contributed by atoms with E-state index < -0.39 is 0 Å². The topological polar surface area (TPSA) is 29.4 Å². The van der Waals surface area contributed by atoms with Crippen molar-refractivity contribution >= 4 is 22.6 Å². The second-order valence-electron chi connectivity index (χ2n) is 1.59. The summed E-state index contributed by atoms with van der Waals surface area (Å²) in [5.74, 6) is 1.09. The summed E-state index contributed by atoms with van der Waals surface area (Å²) in [5, 5.41) is 0.699. The number of hydrogen-bond acceptors (Lipinski definition) is 3. The fourth-order valence-corrected chi connectivity index (χ4v) is 1.31. The number of aliphatic imine (C=N–C) groups is 1. The molecular formula is C5H7NOS. The second-order valence-corrected chi connectivity index (χ2v) is 2.68. The second kappa shape index (κ2) is 2.31. The van der Waals surface area contributed by atoms with Crippen LogP contribution in [0.5, 0.6) is 0 Å². The molecular weight excluding hydrogens is 122 g/mol. The quantitative estimate of drug-likeness (QED) is 0.522. The highest BCUT2D eigenvalue weighted by Gasteiger charge is 2.09. The number of thioether (sulfide) groups is 1. The van der Waals surface area contributed by atoms with Crippen molar-refractivity contribution in [3.63, 3.8) is 0 Å². The normalized spacial score (nSPS) is 18.4. The fraction of sp³-hybridized carbons (Fsp3) is 0.600. The molecule has 0 N–H and O–H groups in total. The van der Waals surface area contributed by atoms with Gasteiger partial charge in [-0.15, -0.1) is 11.8 Å². The summed E-state index contributed by atoms with van der Waals surface area (Å²) in [6.45, 7) is 2.37. The molecule has 44 valence electrons. The highest BCUT2D eigenvalue weighted by atomic mass is 32.2. The van der Waals surface area contributed by atoms with Gasteiger partial charge in [0.25, 0.3) is 0 Å². The van der Waals surface area contributed by atoms with Crippen LogP contribution in [0.3, 0.4) is 0 Å². The predicted octanol–water partition coefficient (Wildman–Crippen LogP) is 0.721. The van der Waals surface area contributed by atoms with Crippen molar-refractivity contribution in [3.8, 4) is 0 Å². The summed E-state index contributed by atoms with van der Waals surface area (Å²) >= 11 is 1.55. The molecule has 1 aliphatic rings. The Morgan fingerprint density at radius 1 is 1.88 bits per heavy atom. The summed E-state index contributed by atoms with van der Waals surface area (Å²) in [6, 6.07) is 0. The largest absolute Gasteiger partial charge is 0.292 e. The molecule has 0 aromatic heterocycles. The molecule has 2 nitrogen and oxygen atoms in total. The molecule has 0 bridgehead atoms. The molecule has 0 fully saturated rings. The van der Waals surface area contributed by atoms with E-state index in [0.717, 1.165) is 12.3 Å². The Bertz CT molecular complexity index is 141. The molecule has 3 heteroatoms. The van der Waals surface area contributed by atoms with Crippen LogP contribution >= 0.6 is 11.8 Å². The van der Waals surface area contributed by atoms with Crippen LogP contribution in [0.25, 0.3) is 0 Å². The third-order valence-electron chi connectivity index (χ3n) is 0.887. The van der Waals surface area contributed by atoms with Crippen LogP contribution in [0.1, 0.15) is 6.92 Å². The van der Waals surface area contributed by atoms with Crippen LogP contribution in [0.2, 0.25) is 0 Å². The number of ketones is 1. The zero-order valence-electron chi connectivity index (χ0n) is 4.68. The van der Waals surface area contributed by atoms with Crippen molar-refractivity contribution in [3.05, 3.63) is 0 Å². The minimum absolute atomic E-state index is 0.104. The standard InChI is InChI=1S/C5H7NOS/c1-4(7)5-6-2-3-8-5/h2-3H2,1H3. The first-order valence-corrected chi connectivity index (χ1v) is 3.47. The molecule has 8 heavy (non-hydrogen) atoms. The molecule has 0 aromatic carbocycles. The van der Waals surface area contributed by atoms with E-state index in [-0.39, 0.29) is 5.78 Å². The molecule has 0 unspecified atom stereocenters. The van der Waals surface area contributed by atoms with Crippen LogP contribution in [0.4, 0.5) is 0 Å². The first-order chi connectivity index (χ1) is 3.80. The van der Waals surface area contributed by atoms with Crippen LogP contribution in [-0.4, -0.2) is 23.1 Å². The zero-order valence-corrected chi connectivity index (χ0v) is 5.49. The number of carbonyl (C=O) groups excluding carboxylic acids is 1. The maximum absolute atomic E-state index is 10.5. The lowest BCUT2D eigenvalue weighted by molar-refractivity contribution is -0.110. The van der Waals surface area contributed by atoms with Gasteiger partial charge in [0.05, 0.1) is 0 Å². The highest BCUT2D eigenvalue weighted by Crippen LogP contribution is 2.11. The third-order valence-corrected chi connectivity index (χ3v) is 1.96. The van der Waals surface area contributed by atoms with Gasteiger partial charge in [-0.2, -0.15) is 0 Å². The minimum atomic E-state index is 0.104. The summed E-state index contributed by atoms with van der Waals surface area (Å²) < 4.78 is 0. The third kappa shape index (κ3) is 1.10. The van der Waals surface area contributed by atoms with E-state index in [1.807, 2.05) is 0 Å². The van der Waals surface area contributed by atoms with Crippen molar-refractivity contribution in [2.75, 3.05) is 12.3 Å². The molecule has 0 aliphatic carbocycles. The van der Waals surface area contributed by atoms with E-state index >= 15 is 0 Å². The van der Waals surface area contributed by atoms with Gasteiger partial charge in [-0.25, -0.2) is 0 Å². The molecule has 0 atom stereocenters. The summed E-state index contributed by atoms with van der Waals surface area (Å²) in [7, 11) is 0. The van der Waals surface area contributed by atoms with Gasteiger partial charge in [-0.05, 0) is 0 Å². The Balaban J connectivity index is 2.57. The lowest BCUT2D eigenvalue weighted by Crippen LogP contribution is -2.00. The fourth-order valence-electron chi connectivity index (χ4n) is 0.548. The Hall–Kier alpha value is -0.310. The van der Waals surface area contributed by atoms with E-state index in [1.165, 1.54) is 0 Å². The molecule has 0 amide bonds.